The third-order valence-corrected chi connectivity index (χ3v) is 4.00. The Balaban J connectivity index is 1.69. The number of rotatable bonds is 4. The second-order valence-corrected chi connectivity index (χ2v) is 5.86. The van der Waals surface area contributed by atoms with E-state index < -0.39 is 11.6 Å². The van der Waals surface area contributed by atoms with Crippen LogP contribution in [0.3, 0.4) is 0 Å². The van der Waals surface area contributed by atoms with E-state index in [0.717, 1.165) is 16.7 Å². The Kier molecular flexibility index (Phi) is 4.61. The summed E-state index contributed by atoms with van der Waals surface area (Å²) in [7, 11) is 0. The van der Waals surface area contributed by atoms with Crippen molar-refractivity contribution in [2.45, 2.75) is 20.5 Å². The molecule has 0 aliphatic carbocycles. The first kappa shape index (κ1) is 16.2. The monoisotopic (exact) mass is 324 g/mol. The quantitative estimate of drug-likeness (QED) is 0.587. The predicted molar refractivity (Wildman–Crippen MR) is 92.0 cm³/mol. The number of benzene rings is 3. The van der Waals surface area contributed by atoms with Crippen LogP contribution in [0.1, 0.15) is 16.7 Å². The fraction of sp³-hybridized carbons (Fsp3) is 0.143. The maximum Gasteiger partial charge on any atom is 0.132 e. The van der Waals surface area contributed by atoms with Gasteiger partial charge in [0.15, 0.2) is 0 Å². The van der Waals surface area contributed by atoms with E-state index in [-0.39, 0.29) is 17.9 Å². The molecule has 0 saturated carbocycles. The van der Waals surface area contributed by atoms with Gasteiger partial charge in [-0.3, -0.25) is 0 Å². The summed E-state index contributed by atoms with van der Waals surface area (Å²) in [6.45, 7) is 3.72. The molecule has 1 nitrogen and oxygen atoms in total. The molecule has 3 heteroatoms. The lowest BCUT2D eigenvalue weighted by molar-refractivity contribution is 0.302. The van der Waals surface area contributed by atoms with Crippen LogP contribution in [-0.4, -0.2) is 0 Å². The summed E-state index contributed by atoms with van der Waals surface area (Å²) in [6.07, 6.45) is 0. The molecule has 0 radical (unpaired) electrons. The van der Waals surface area contributed by atoms with Gasteiger partial charge < -0.3 is 4.74 Å². The second-order valence-electron chi connectivity index (χ2n) is 5.86. The molecule has 0 spiro atoms. The minimum atomic E-state index is -0.597. The van der Waals surface area contributed by atoms with E-state index in [4.69, 9.17) is 4.74 Å². The van der Waals surface area contributed by atoms with Crippen LogP contribution in [0.25, 0.3) is 11.1 Å². The summed E-state index contributed by atoms with van der Waals surface area (Å²) in [6, 6.07) is 18.7. The Hall–Kier alpha value is -2.68. The minimum absolute atomic E-state index is 0.00445. The molecule has 0 bridgehead atoms. The lowest BCUT2D eigenvalue weighted by Crippen LogP contribution is -1.98. The van der Waals surface area contributed by atoms with E-state index in [0.29, 0.717) is 0 Å². The molecule has 0 saturated heterocycles. The number of hydrogen-bond donors (Lipinski definition) is 0. The van der Waals surface area contributed by atoms with Crippen LogP contribution in [0.4, 0.5) is 8.78 Å². The Morgan fingerprint density at radius 2 is 1.25 bits per heavy atom. The summed E-state index contributed by atoms with van der Waals surface area (Å²) in [4.78, 5) is 0. The van der Waals surface area contributed by atoms with Crippen molar-refractivity contribution in [2.24, 2.45) is 0 Å². The number of halogens is 2. The highest BCUT2D eigenvalue weighted by molar-refractivity contribution is 5.63. The van der Waals surface area contributed by atoms with Gasteiger partial charge in [-0.15, -0.1) is 0 Å². The van der Waals surface area contributed by atoms with Crippen LogP contribution < -0.4 is 4.74 Å². The number of aryl methyl sites for hydroxylation is 1. The first-order valence-corrected chi connectivity index (χ1v) is 7.77. The lowest BCUT2D eigenvalue weighted by atomic mass is 10.0. The van der Waals surface area contributed by atoms with Gasteiger partial charge in [0.1, 0.15) is 24.0 Å². The second kappa shape index (κ2) is 6.83. The standard InChI is InChI=1S/C21H18F2O/c1-14-3-7-17(8-4-14)18-9-5-16(6-10-18)13-24-19-11-20(22)15(2)21(23)12-19/h3-12H,13H2,1-2H3. The number of hydrogen-bond acceptors (Lipinski definition) is 1. The Morgan fingerprint density at radius 3 is 1.79 bits per heavy atom. The average molecular weight is 324 g/mol. The van der Waals surface area contributed by atoms with Crippen LogP contribution in [0.15, 0.2) is 60.7 Å². The Bertz CT molecular complexity index is 814. The van der Waals surface area contributed by atoms with E-state index in [1.807, 2.05) is 24.3 Å². The highest BCUT2D eigenvalue weighted by Gasteiger charge is 2.08. The molecule has 0 amide bonds. The van der Waals surface area contributed by atoms with Gasteiger partial charge in [-0.1, -0.05) is 54.1 Å². The smallest absolute Gasteiger partial charge is 0.132 e. The first-order valence-electron chi connectivity index (χ1n) is 7.77. The van der Waals surface area contributed by atoms with Gasteiger partial charge in [-0.25, -0.2) is 8.78 Å². The average Bonchev–Trinajstić information content (AvgIpc) is 2.59. The maximum atomic E-state index is 13.5. The van der Waals surface area contributed by atoms with Gasteiger partial charge in [0.2, 0.25) is 0 Å². The van der Waals surface area contributed by atoms with Gasteiger partial charge >= 0.3 is 0 Å². The van der Waals surface area contributed by atoms with Crippen molar-refractivity contribution in [3.8, 4) is 16.9 Å². The molecular formula is C21H18F2O. The predicted octanol–water partition coefficient (Wildman–Crippen LogP) is 5.83. The SMILES string of the molecule is Cc1ccc(-c2ccc(COc3cc(F)c(C)c(F)c3)cc2)cc1. The van der Waals surface area contributed by atoms with Crippen molar-refractivity contribution in [1.29, 1.82) is 0 Å². The first-order chi connectivity index (χ1) is 11.5. The van der Waals surface area contributed by atoms with Crippen molar-refractivity contribution in [1.82, 2.24) is 0 Å². The molecule has 0 atom stereocenters. The molecule has 3 rings (SSSR count). The third-order valence-electron chi connectivity index (χ3n) is 4.00. The summed E-state index contributed by atoms with van der Waals surface area (Å²) >= 11 is 0. The number of ether oxygens (including phenoxy) is 1. The highest BCUT2D eigenvalue weighted by Crippen LogP contribution is 2.23. The molecule has 24 heavy (non-hydrogen) atoms. The van der Waals surface area contributed by atoms with Crippen LogP contribution in [0, 0.1) is 25.5 Å². The molecule has 122 valence electrons. The van der Waals surface area contributed by atoms with Crippen molar-refractivity contribution in [3.63, 3.8) is 0 Å². The fourth-order valence-corrected chi connectivity index (χ4v) is 2.41. The topological polar surface area (TPSA) is 9.23 Å². The zero-order chi connectivity index (χ0) is 17.1. The fourth-order valence-electron chi connectivity index (χ4n) is 2.41. The van der Waals surface area contributed by atoms with Crippen LogP contribution in [-0.2, 0) is 6.61 Å². The Labute approximate surface area is 140 Å². The van der Waals surface area contributed by atoms with E-state index in [9.17, 15) is 8.78 Å². The van der Waals surface area contributed by atoms with Gasteiger partial charge in [-0.05, 0) is 30.5 Å². The van der Waals surface area contributed by atoms with Gasteiger partial charge in [-0.2, -0.15) is 0 Å². The zero-order valence-corrected chi connectivity index (χ0v) is 13.6. The van der Waals surface area contributed by atoms with E-state index in [1.54, 1.807) is 0 Å². The molecule has 3 aromatic carbocycles. The van der Waals surface area contributed by atoms with Crippen LogP contribution >= 0.6 is 0 Å². The van der Waals surface area contributed by atoms with Crippen molar-refractivity contribution < 1.29 is 13.5 Å². The van der Waals surface area contributed by atoms with Crippen LogP contribution in [0.2, 0.25) is 0 Å². The van der Waals surface area contributed by atoms with Crippen molar-refractivity contribution in [3.05, 3.63) is 89.0 Å². The summed E-state index contributed by atoms with van der Waals surface area (Å²) < 4.78 is 32.5. The molecular weight excluding hydrogens is 306 g/mol. The molecule has 0 N–H and O–H groups in total. The van der Waals surface area contributed by atoms with Crippen molar-refractivity contribution in [2.75, 3.05) is 0 Å². The molecule has 0 unspecified atom stereocenters. The van der Waals surface area contributed by atoms with Gasteiger partial charge in [0, 0.05) is 17.7 Å². The molecule has 0 fully saturated rings. The van der Waals surface area contributed by atoms with E-state index >= 15 is 0 Å². The lowest BCUT2D eigenvalue weighted by Gasteiger charge is -2.09. The molecule has 3 aromatic rings. The molecule has 0 aliphatic heterocycles. The summed E-state index contributed by atoms with van der Waals surface area (Å²) in [5.41, 5.74) is 4.43. The molecule has 0 heterocycles. The van der Waals surface area contributed by atoms with E-state index in [2.05, 4.69) is 31.2 Å². The highest BCUT2D eigenvalue weighted by atomic mass is 19.1. The summed E-state index contributed by atoms with van der Waals surface area (Å²) in [5, 5.41) is 0. The molecule has 0 aliphatic rings. The normalized spacial score (nSPS) is 10.7. The van der Waals surface area contributed by atoms with Gasteiger partial charge in [0.25, 0.3) is 0 Å². The molecule has 0 aromatic heterocycles. The zero-order valence-electron chi connectivity index (χ0n) is 13.6. The van der Waals surface area contributed by atoms with Crippen molar-refractivity contribution >= 4 is 0 Å². The van der Waals surface area contributed by atoms with E-state index in [1.165, 1.54) is 24.6 Å². The minimum Gasteiger partial charge on any atom is -0.489 e. The van der Waals surface area contributed by atoms with Crippen LogP contribution in [0.5, 0.6) is 5.75 Å². The summed E-state index contributed by atoms with van der Waals surface area (Å²) in [5.74, 6) is -1.00. The van der Waals surface area contributed by atoms with Gasteiger partial charge in [0.05, 0.1) is 0 Å². The largest absolute Gasteiger partial charge is 0.489 e. The maximum absolute atomic E-state index is 13.5. The Morgan fingerprint density at radius 1 is 0.750 bits per heavy atom. The third kappa shape index (κ3) is 3.62.